The number of rotatable bonds is 6. The number of hydrogen-bond acceptors (Lipinski definition) is 5. The van der Waals surface area contributed by atoms with E-state index in [0.29, 0.717) is 24.5 Å². The fourth-order valence-electron chi connectivity index (χ4n) is 4.09. The van der Waals surface area contributed by atoms with E-state index in [-0.39, 0.29) is 17.4 Å². The minimum Gasteiger partial charge on any atom is -0.479 e. The van der Waals surface area contributed by atoms with E-state index in [0.717, 1.165) is 24.1 Å². The molecule has 1 aliphatic carbocycles. The molecular weight excluding hydrogens is 380 g/mol. The van der Waals surface area contributed by atoms with E-state index < -0.39 is 0 Å². The number of aryl methyl sites for hydroxylation is 2. The number of fused-ring (bicyclic) bond motifs is 1. The highest BCUT2D eigenvalue weighted by atomic mass is 16.5. The zero-order chi connectivity index (χ0) is 21.3. The van der Waals surface area contributed by atoms with E-state index >= 15 is 0 Å². The lowest BCUT2D eigenvalue weighted by atomic mass is 9.74. The summed E-state index contributed by atoms with van der Waals surface area (Å²) in [6, 6.07) is 10.0. The third-order valence-electron chi connectivity index (χ3n) is 5.64. The van der Waals surface area contributed by atoms with Crippen LogP contribution in [0.3, 0.4) is 0 Å². The molecule has 2 heterocycles. The number of aromatic nitrogens is 3. The molecule has 7 nitrogen and oxygen atoms in total. The molecule has 158 valence electrons. The van der Waals surface area contributed by atoms with Crippen LogP contribution in [0.5, 0.6) is 5.88 Å². The molecule has 1 aliphatic rings. The molecule has 4 rings (SSSR count). The molecule has 1 aromatic carbocycles. The zero-order valence-corrected chi connectivity index (χ0v) is 17.9. The van der Waals surface area contributed by atoms with Crippen molar-refractivity contribution in [2.24, 2.45) is 5.41 Å². The highest BCUT2D eigenvalue weighted by molar-refractivity contribution is 5.76. The molecule has 0 radical (unpaired) electrons. The van der Waals surface area contributed by atoms with Gasteiger partial charge in [0, 0.05) is 24.5 Å². The lowest BCUT2D eigenvalue weighted by Gasteiger charge is -2.36. The summed E-state index contributed by atoms with van der Waals surface area (Å²) in [5.74, 6) is 1.05. The maximum atomic E-state index is 12.7. The van der Waals surface area contributed by atoms with Gasteiger partial charge in [0.2, 0.25) is 5.91 Å². The molecule has 1 atom stereocenters. The van der Waals surface area contributed by atoms with Gasteiger partial charge in [0.25, 0.3) is 5.88 Å². The van der Waals surface area contributed by atoms with Gasteiger partial charge in [0.15, 0.2) is 0 Å². The first-order chi connectivity index (χ1) is 14.3. The highest BCUT2D eigenvalue weighted by Gasteiger charge is 2.36. The van der Waals surface area contributed by atoms with Crippen molar-refractivity contribution in [3.63, 3.8) is 0 Å². The predicted octanol–water partition coefficient (Wildman–Crippen LogP) is 3.94. The lowest BCUT2D eigenvalue weighted by molar-refractivity contribution is -0.122. The summed E-state index contributed by atoms with van der Waals surface area (Å²) >= 11 is 0. The van der Waals surface area contributed by atoms with Crippen LogP contribution in [0.25, 0.3) is 5.69 Å². The highest BCUT2D eigenvalue weighted by Crippen LogP contribution is 2.41. The summed E-state index contributed by atoms with van der Waals surface area (Å²) in [5.41, 5.74) is 4.59. The number of benzene rings is 1. The maximum Gasteiger partial charge on any atom is 0.254 e. The molecule has 0 spiro atoms. The second kappa shape index (κ2) is 7.97. The maximum absolute atomic E-state index is 12.7. The predicted molar refractivity (Wildman–Crippen MR) is 113 cm³/mol. The summed E-state index contributed by atoms with van der Waals surface area (Å²) < 4.78 is 12.2. The van der Waals surface area contributed by atoms with E-state index in [2.05, 4.69) is 60.6 Å². The third kappa shape index (κ3) is 4.25. The molecule has 30 heavy (non-hydrogen) atoms. The average Bonchev–Trinajstić information content (AvgIpc) is 3.33. The number of carbonyl (C=O) groups is 1. The molecule has 2 aromatic heterocycles. The number of ether oxygens (including phenoxy) is 1. The fourth-order valence-corrected chi connectivity index (χ4v) is 4.09. The molecule has 7 heteroatoms. The summed E-state index contributed by atoms with van der Waals surface area (Å²) in [6.07, 6.45) is 4.50. The summed E-state index contributed by atoms with van der Waals surface area (Å²) in [5, 5.41) is 11.6. The van der Waals surface area contributed by atoms with Gasteiger partial charge in [0.1, 0.15) is 5.76 Å². The normalized spacial score (nSPS) is 17.4. The van der Waals surface area contributed by atoms with E-state index in [9.17, 15) is 4.79 Å². The van der Waals surface area contributed by atoms with Crippen LogP contribution in [0, 0.1) is 12.3 Å². The number of carbonyl (C=O) groups excluding carboxylic acids is 1. The Balaban J connectivity index is 1.50. The molecule has 0 saturated carbocycles. The first kappa shape index (κ1) is 20.2. The Morgan fingerprint density at radius 1 is 1.33 bits per heavy atom. The van der Waals surface area contributed by atoms with Gasteiger partial charge in [0.05, 0.1) is 30.7 Å². The van der Waals surface area contributed by atoms with Crippen LogP contribution in [-0.4, -0.2) is 28.0 Å². The molecular formula is C23H28N4O3. The van der Waals surface area contributed by atoms with Gasteiger partial charge in [-0.05, 0) is 42.5 Å². The van der Waals surface area contributed by atoms with Gasteiger partial charge in [-0.25, -0.2) is 4.68 Å². The van der Waals surface area contributed by atoms with Crippen LogP contribution in [0.2, 0.25) is 0 Å². The molecule has 0 unspecified atom stereocenters. The number of nitrogens with one attached hydrogen (secondary N) is 1. The van der Waals surface area contributed by atoms with Gasteiger partial charge in [-0.2, -0.15) is 5.10 Å². The second-order valence-corrected chi connectivity index (χ2v) is 8.79. The van der Waals surface area contributed by atoms with Crippen molar-refractivity contribution in [3.8, 4) is 11.6 Å². The molecule has 0 saturated heterocycles. The number of hydrogen-bond donors (Lipinski definition) is 1. The molecule has 1 N–H and O–H groups in total. The van der Waals surface area contributed by atoms with Crippen molar-refractivity contribution in [2.45, 2.75) is 52.5 Å². The largest absolute Gasteiger partial charge is 0.479 e. The number of amides is 1. The van der Waals surface area contributed by atoms with Crippen molar-refractivity contribution in [1.29, 1.82) is 0 Å². The molecule has 0 fully saturated rings. The summed E-state index contributed by atoms with van der Waals surface area (Å²) in [4.78, 5) is 12.7. The van der Waals surface area contributed by atoms with Crippen LogP contribution in [0.1, 0.15) is 55.3 Å². The van der Waals surface area contributed by atoms with Crippen LogP contribution in [-0.2, 0) is 17.6 Å². The Kier molecular flexibility index (Phi) is 5.37. The Morgan fingerprint density at radius 3 is 2.80 bits per heavy atom. The quantitative estimate of drug-likeness (QED) is 0.668. The van der Waals surface area contributed by atoms with Crippen LogP contribution in [0.4, 0.5) is 0 Å². The topological polar surface area (TPSA) is 82.2 Å². The monoisotopic (exact) mass is 408 g/mol. The zero-order valence-electron chi connectivity index (χ0n) is 17.9. The fraction of sp³-hybridized carbons (Fsp3) is 0.435. The van der Waals surface area contributed by atoms with Gasteiger partial charge >= 0.3 is 0 Å². The van der Waals surface area contributed by atoms with E-state index in [1.54, 1.807) is 6.07 Å². The van der Waals surface area contributed by atoms with Gasteiger partial charge in [-0.15, -0.1) is 0 Å². The average molecular weight is 409 g/mol. The Labute approximate surface area is 176 Å². The van der Waals surface area contributed by atoms with Gasteiger partial charge in [-0.1, -0.05) is 31.5 Å². The first-order valence-electron chi connectivity index (χ1n) is 10.3. The minimum atomic E-state index is -0.0558. The van der Waals surface area contributed by atoms with E-state index in [1.165, 1.54) is 18.4 Å². The lowest BCUT2D eigenvalue weighted by Crippen LogP contribution is -2.36. The molecule has 3 aromatic rings. The smallest absolute Gasteiger partial charge is 0.254 e. The summed E-state index contributed by atoms with van der Waals surface area (Å²) in [7, 11) is 1.54. The number of nitrogens with zero attached hydrogens (tertiary/aromatic N) is 3. The second-order valence-electron chi connectivity index (χ2n) is 8.79. The number of methoxy groups -OCH3 is 1. The third-order valence-corrected chi connectivity index (χ3v) is 5.64. The standard InChI is InChI=1S/C23H28N4O3/c1-15-5-7-16(8-6-15)27-20-13-23(2,3)12-19(18(20)14-24-27)25-21(28)10-9-17-11-22(29-4)26-30-17/h5-8,11,14,19H,9-10,12-13H2,1-4H3,(H,25,28)/t19-/m1/s1. The van der Waals surface area contributed by atoms with Gasteiger partial charge < -0.3 is 14.6 Å². The van der Waals surface area contributed by atoms with Crippen LogP contribution >= 0.6 is 0 Å². The molecule has 0 aliphatic heterocycles. The van der Waals surface area contributed by atoms with Crippen molar-refractivity contribution in [2.75, 3.05) is 7.11 Å². The Hall–Kier alpha value is -3.09. The van der Waals surface area contributed by atoms with E-state index in [4.69, 9.17) is 9.26 Å². The SMILES string of the molecule is COc1cc(CCC(=O)N[C@@H]2CC(C)(C)Cc3c2cnn3-c2ccc(C)cc2)on1. The van der Waals surface area contributed by atoms with Crippen LogP contribution in [0.15, 0.2) is 41.1 Å². The first-order valence-corrected chi connectivity index (χ1v) is 10.3. The molecule has 0 bridgehead atoms. The minimum absolute atomic E-state index is 0.0119. The van der Waals surface area contributed by atoms with Crippen molar-refractivity contribution in [3.05, 3.63) is 59.1 Å². The van der Waals surface area contributed by atoms with Crippen molar-refractivity contribution in [1.82, 2.24) is 20.3 Å². The Morgan fingerprint density at radius 2 is 2.10 bits per heavy atom. The van der Waals surface area contributed by atoms with E-state index in [1.807, 2.05) is 10.9 Å². The molecule has 1 amide bonds. The van der Waals surface area contributed by atoms with Crippen molar-refractivity contribution < 1.29 is 14.1 Å². The van der Waals surface area contributed by atoms with Crippen LogP contribution < -0.4 is 10.1 Å². The summed E-state index contributed by atoms with van der Waals surface area (Å²) in [6.45, 7) is 6.55. The van der Waals surface area contributed by atoms with Gasteiger partial charge in [-0.3, -0.25) is 4.79 Å². The van der Waals surface area contributed by atoms with Crippen molar-refractivity contribution >= 4 is 5.91 Å². The Bertz CT molecular complexity index is 1030.